The van der Waals surface area contributed by atoms with Gasteiger partial charge in [-0.15, -0.1) is 0 Å². The maximum Gasteiger partial charge on any atom is 0.241 e. The van der Waals surface area contributed by atoms with E-state index < -0.39 is 34.2 Å². The van der Waals surface area contributed by atoms with Crippen molar-refractivity contribution in [2.24, 2.45) is 11.7 Å². The van der Waals surface area contributed by atoms with Gasteiger partial charge in [-0.3, -0.25) is 19.8 Å². The van der Waals surface area contributed by atoms with Crippen LogP contribution in [0.1, 0.15) is 29.6 Å². The topological polar surface area (TPSA) is 175 Å². The molecule has 3 aromatic carbocycles. The van der Waals surface area contributed by atoms with E-state index in [2.05, 4.69) is 15.4 Å². The highest BCUT2D eigenvalue weighted by Gasteiger charge is 2.30. The Hall–Kier alpha value is -4.29. The normalized spacial score (nSPS) is 16.2. The highest BCUT2D eigenvalue weighted by Crippen LogP contribution is 2.21. The van der Waals surface area contributed by atoms with Gasteiger partial charge in [0.2, 0.25) is 22.3 Å². The van der Waals surface area contributed by atoms with Crippen molar-refractivity contribution in [3.63, 3.8) is 0 Å². The van der Waals surface area contributed by atoms with Gasteiger partial charge >= 0.3 is 0 Å². The van der Waals surface area contributed by atoms with Crippen LogP contribution in [0, 0.1) is 11.3 Å². The highest BCUT2D eigenvalue weighted by atomic mass is 32.2. The van der Waals surface area contributed by atoms with Crippen molar-refractivity contribution in [1.82, 2.24) is 14.9 Å². The zero-order chi connectivity index (χ0) is 28.7. The molecule has 0 bridgehead atoms. The minimum atomic E-state index is -4.20. The summed E-state index contributed by atoms with van der Waals surface area (Å²) in [4.78, 5) is 39.3. The molecule has 1 heterocycles. The van der Waals surface area contributed by atoms with Gasteiger partial charge in [0.25, 0.3) is 0 Å². The molecule has 0 saturated carbocycles. The summed E-state index contributed by atoms with van der Waals surface area (Å²) >= 11 is 0. The van der Waals surface area contributed by atoms with Gasteiger partial charge in [0.05, 0.1) is 10.6 Å². The molecule has 4 rings (SSSR count). The Morgan fingerprint density at radius 3 is 2.55 bits per heavy atom. The van der Waals surface area contributed by atoms with E-state index >= 15 is 0 Å². The van der Waals surface area contributed by atoms with E-state index in [4.69, 9.17) is 11.1 Å². The summed E-state index contributed by atoms with van der Waals surface area (Å²) in [5.74, 6) is -1.21. The minimum Gasteiger partial charge on any atom is -0.370 e. The second kappa shape index (κ2) is 12.7. The van der Waals surface area contributed by atoms with Crippen molar-refractivity contribution >= 4 is 50.5 Å². The molecule has 0 spiro atoms. The monoisotopic (exact) mass is 564 g/mol. The highest BCUT2D eigenvalue weighted by molar-refractivity contribution is 7.89. The van der Waals surface area contributed by atoms with Gasteiger partial charge in [0.1, 0.15) is 6.04 Å². The lowest BCUT2D eigenvalue weighted by Gasteiger charge is -2.33. The summed E-state index contributed by atoms with van der Waals surface area (Å²) in [5, 5.41) is 14.5. The fraction of sp³-hybridized carbons (Fsp3) is 0.286. The number of sulfonamides is 1. The molecule has 11 nitrogen and oxygen atoms in total. The van der Waals surface area contributed by atoms with E-state index in [1.807, 2.05) is 12.1 Å². The zero-order valence-corrected chi connectivity index (χ0v) is 22.6. The number of carbonyl (C=O) groups is 3. The summed E-state index contributed by atoms with van der Waals surface area (Å²) in [6.45, 7) is 1.39. The number of para-hydroxylation sites is 1. The Morgan fingerprint density at radius 2 is 1.80 bits per heavy atom. The van der Waals surface area contributed by atoms with Gasteiger partial charge in [-0.25, -0.2) is 8.42 Å². The third-order valence-electron chi connectivity index (χ3n) is 6.90. The first-order valence-corrected chi connectivity index (χ1v) is 14.4. The predicted octanol–water partition coefficient (Wildman–Crippen LogP) is 2.05. The number of hydrogen-bond donors (Lipinski definition) is 5. The van der Waals surface area contributed by atoms with Crippen LogP contribution in [0.5, 0.6) is 0 Å². The Kier molecular flexibility index (Phi) is 9.12. The molecule has 2 atom stereocenters. The molecule has 40 heavy (non-hydrogen) atoms. The molecule has 6 N–H and O–H groups in total. The Bertz CT molecular complexity index is 1530. The number of likely N-dealkylation sites (tertiary alicyclic amines) is 1. The standard InChI is InChI=1S/C28H32N6O5S/c29-28(30)34-13-5-6-19(17-34)16-31-27(37)25(15-26(36)23-9-3-4-10-24(23)32-18-35)33-40(38,39)22-12-11-20-7-1-2-8-21(20)14-22/h1-4,7-12,14,18-19,25,33H,5-6,13,15-17H2,(H3,29,30)(H,31,37)(H,32,35)/t19?,25-/m1/s1. The third kappa shape index (κ3) is 7.01. The van der Waals surface area contributed by atoms with Crippen LogP contribution in [-0.4, -0.2) is 63.1 Å². The third-order valence-corrected chi connectivity index (χ3v) is 8.37. The summed E-state index contributed by atoms with van der Waals surface area (Å²) in [6.07, 6.45) is 1.58. The van der Waals surface area contributed by atoms with Gasteiger partial charge in [0.15, 0.2) is 11.7 Å². The maximum atomic E-state index is 13.4. The van der Waals surface area contributed by atoms with Gasteiger partial charge in [0, 0.05) is 31.6 Å². The molecule has 12 heteroatoms. The number of guanidine groups is 1. The van der Waals surface area contributed by atoms with E-state index in [1.54, 1.807) is 41.3 Å². The number of ketones is 1. The molecule has 1 aliphatic rings. The number of nitrogens with one attached hydrogen (secondary N) is 4. The number of nitrogens with zero attached hydrogens (tertiary/aromatic N) is 1. The SMILES string of the molecule is N=C(N)N1CCCC(CNC(=O)[C@@H](CC(=O)c2ccccc2NC=O)NS(=O)(=O)c2ccc3ccccc3c2)C1. The van der Waals surface area contributed by atoms with E-state index in [0.717, 1.165) is 18.2 Å². The van der Waals surface area contributed by atoms with Crippen LogP contribution < -0.4 is 21.1 Å². The largest absolute Gasteiger partial charge is 0.370 e. The molecule has 2 amide bonds. The Morgan fingerprint density at radius 1 is 1.07 bits per heavy atom. The molecule has 0 radical (unpaired) electrons. The summed E-state index contributed by atoms with van der Waals surface area (Å²) in [5.41, 5.74) is 6.03. The molecule has 1 aliphatic heterocycles. The van der Waals surface area contributed by atoms with Crippen molar-refractivity contribution in [2.45, 2.75) is 30.2 Å². The van der Waals surface area contributed by atoms with Crippen molar-refractivity contribution < 1.29 is 22.8 Å². The van der Waals surface area contributed by atoms with Gasteiger partial charge < -0.3 is 21.3 Å². The molecular formula is C28H32N6O5S. The molecule has 1 unspecified atom stereocenters. The number of piperidine rings is 1. The minimum absolute atomic E-state index is 0.00700. The predicted molar refractivity (Wildman–Crippen MR) is 152 cm³/mol. The number of carbonyl (C=O) groups excluding carboxylic acids is 3. The fourth-order valence-electron chi connectivity index (χ4n) is 4.81. The molecule has 210 valence electrons. The first-order valence-electron chi connectivity index (χ1n) is 12.9. The Labute approximate surface area is 232 Å². The lowest BCUT2D eigenvalue weighted by Crippen LogP contribution is -2.50. The smallest absolute Gasteiger partial charge is 0.241 e. The first kappa shape index (κ1) is 28.7. The number of nitrogens with two attached hydrogens (primary N) is 1. The second-order valence-electron chi connectivity index (χ2n) is 9.70. The number of fused-ring (bicyclic) bond motifs is 1. The van der Waals surface area contributed by atoms with Crippen molar-refractivity contribution in [1.29, 1.82) is 5.41 Å². The quantitative estimate of drug-likeness (QED) is 0.102. The van der Waals surface area contributed by atoms with Crippen molar-refractivity contribution in [3.05, 3.63) is 72.3 Å². The number of rotatable bonds is 11. The van der Waals surface area contributed by atoms with Crippen LogP contribution in [0.25, 0.3) is 10.8 Å². The summed E-state index contributed by atoms with van der Waals surface area (Å²) in [7, 11) is -4.20. The van der Waals surface area contributed by atoms with Crippen LogP contribution in [-0.2, 0) is 19.6 Å². The average molecular weight is 565 g/mol. The second-order valence-corrected chi connectivity index (χ2v) is 11.4. The number of benzene rings is 3. The number of hydrogen-bond acceptors (Lipinski definition) is 6. The lowest BCUT2D eigenvalue weighted by atomic mass is 9.97. The molecule has 3 aromatic rings. The van der Waals surface area contributed by atoms with Crippen molar-refractivity contribution in [2.75, 3.05) is 25.0 Å². The number of anilines is 1. The number of amides is 2. The van der Waals surface area contributed by atoms with E-state index in [9.17, 15) is 22.8 Å². The Balaban J connectivity index is 1.56. The van der Waals surface area contributed by atoms with E-state index in [0.29, 0.717) is 24.9 Å². The van der Waals surface area contributed by atoms with Crippen LogP contribution in [0.15, 0.2) is 71.6 Å². The average Bonchev–Trinajstić information content (AvgIpc) is 2.95. The lowest BCUT2D eigenvalue weighted by molar-refractivity contribution is -0.123. The van der Waals surface area contributed by atoms with E-state index in [-0.39, 0.29) is 34.6 Å². The van der Waals surface area contributed by atoms with E-state index in [1.165, 1.54) is 18.2 Å². The van der Waals surface area contributed by atoms with Crippen LogP contribution >= 0.6 is 0 Å². The fourth-order valence-corrected chi connectivity index (χ4v) is 6.04. The van der Waals surface area contributed by atoms with Crippen molar-refractivity contribution in [3.8, 4) is 0 Å². The van der Waals surface area contributed by atoms with Gasteiger partial charge in [-0.05, 0) is 53.8 Å². The molecule has 1 saturated heterocycles. The maximum absolute atomic E-state index is 13.4. The van der Waals surface area contributed by atoms with Crippen LogP contribution in [0.2, 0.25) is 0 Å². The molecule has 1 fully saturated rings. The zero-order valence-electron chi connectivity index (χ0n) is 21.8. The summed E-state index contributed by atoms with van der Waals surface area (Å²) < 4.78 is 29.2. The van der Waals surface area contributed by atoms with Crippen LogP contribution in [0.3, 0.4) is 0 Å². The first-order chi connectivity index (χ1) is 19.2. The number of Topliss-reactive ketones (excluding diaryl/α,β-unsaturated/α-hetero) is 1. The summed E-state index contributed by atoms with van der Waals surface area (Å²) in [6, 6.07) is 16.8. The van der Waals surface area contributed by atoms with Gasteiger partial charge in [-0.2, -0.15) is 4.72 Å². The van der Waals surface area contributed by atoms with Crippen LogP contribution in [0.4, 0.5) is 5.69 Å². The molecule has 0 aromatic heterocycles. The van der Waals surface area contributed by atoms with Gasteiger partial charge in [-0.1, -0.05) is 42.5 Å². The molecular weight excluding hydrogens is 532 g/mol. The molecule has 0 aliphatic carbocycles.